The largest absolute Gasteiger partial charge is 0.313 e. The number of thiazole rings is 1. The van der Waals surface area contributed by atoms with Gasteiger partial charge in [0.25, 0.3) is 10.0 Å². The lowest BCUT2D eigenvalue weighted by atomic mass is 10.3. The lowest BCUT2D eigenvalue weighted by Gasteiger charge is -2.06. The molecule has 0 spiro atoms. The van der Waals surface area contributed by atoms with Crippen molar-refractivity contribution in [2.75, 3.05) is 6.54 Å². The topological polar surface area (TPSA) is 99.8 Å². The number of aromatic nitrogens is 3. The third kappa shape index (κ3) is 4.10. The Kier molecular flexibility index (Phi) is 5.45. The zero-order chi connectivity index (χ0) is 15.3. The quantitative estimate of drug-likeness (QED) is 0.671. The molecule has 2 aromatic heterocycles. The van der Waals surface area contributed by atoms with Crippen molar-refractivity contribution in [3.05, 3.63) is 27.8 Å². The van der Waals surface area contributed by atoms with Crippen molar-refractivity contribution in [3.63, 3.8) is 0 Å². The number of nitrogens with zero attached hydrogens (tertiary/aromatic N) is 2. The molecule has 0 aliphatic rings. The van der Waals surface area contributed by atoms with Crippen LogP contribution in [0.3, 0.4) is 0 Å². The highest BCUT2D eigenvalue weighted by molar-refractivity contribution is 7.89. The van der Waals surface area contributed by atoms with E-state index in [1.807, 2.05) is 13.8 Å². The van der Waals surface area contributed by atoms with Gasteiger partial charge in [-0.05, 0) is 13.0 Å². The fraction of sp³-hybridized carbons (Fsp3) is 0.500. The van der Waals surface area contributed by atoms with Crippen molar-refractivity contribution >= 4 is 21.4 Å². The minimum atomic E-state index is -3.62. The Morgan fingerprint density at radius 2 is 2.10 bits per heavy atom. The maximum atomic E-state index is 12.3. The van der Waals surface area contributed by atoms with Gasteiger partial charge in [0, 0.05) is 23.2 Å². The number of rotatable bonds is 8. The molecule has 2 rings (SSSR count). The normalized spacial score (nSPS) is 11.9. The first kappa shape index (κ1) is 16.1. The summed E-state index contributed by atoms with van der Waals surface area (Å²) in [4.78, 5) is 5.33. The van der Waals surface area contributed by atoms with Crippen molar-refractivity contribution in [2.45, 2.75) is 38.4 Å². The van der Waals surface area contributed by atoms with Crippen molar-refractivity contribution in [3.8, 4) is 0 Å². The number of hydrogen-bond acceptors (Lipinski definition) is 6. The molecule has 0 aliphatic carbocycles. The molecule has 0 aromatic carbocycles. The molecule has 9 heteroatoms. The number of nitrogens with one attached hydrogen (secondary N) is 3. The van der Waals surface area contributed by atoms with Gasteiger partial charge in [-0.15, -0.1) is 11.3 Å². The van der Waals surface area contributed by atoms with Crippen LogP contribution in [0, 0.1) is 0 Å². The predicted octanol–water partition coefficient (Wildman–Crippen LogP) is 1.02. The molecular weight excluding hydrogens is 310 g/mol. The second-order valence-electron chi connectivity index (χ2n) is 4.40. The maximum absolute atomic E-state index is 12.3. The van der Waals surface area contributed by atoms with E-state index in [0.717, 1.165) is 22.9 Å². The zero-order valence-electron chi connectivity index (χ0n) is 12.0. The Labute approximate surface area is 128 Å². The minimum absolute atomic E-state index is 0.107. The fourth-order valence-electron chi connectivity index (χ4n) is 1.74. The third-order valence-electron chi connectivity index (χ3n) is 2.88. The van der Waals surface area contributed by atoms with E-state index >= 15 is 0 Å². The molecule has 0 bridgehead atoms. The van der Waals surface area contributed by atoms with E-state index in [0.29, 0.717) is 12.1 Å². The lowest BCUT2D eigenvalue weighted by Crippen LogP contribution is -2.25. The molecule has 21 heavy (non-hydrogen) atoms. The van der Waals surface area contributed by atoms with Crippen LogP contribution in [0.25, 0.3) is 0 Å². The van der Waals surface area contributed by atoms with E-state index in [4.69, 9.17) is 0 Å². The molecular formula is C12H19N5O2S2. The smallest absolute Gasteiger partial charge is 0.258 e. The molecule has 0 fully saturated rings. The van der Waals surface area contributed by atoms with E-state index in [9.17, 15) is 8.42 Å². The van der Waals surface area contributed by atoms with Gasteiger partial charge in [-0.1, -0.05) is 13.8 Å². The molecule has 0 saturated heterocycles. The van der Waals surface area contributed by atoms with Gasteiger partial charge in [0.1, 0.15) is 5.01 Å². The molecule has 7 nitrogen and oxygen atoms in total. The highest BCUT2D eigenvalue weighted by Gasteiger charge is 2.20. The van der Waals surface area contributed by atoms with Gasteiger partial charge in [-0.25, -0.2) is 18.1 Å². The van der Waals surface area contributed by atoms with Crippen molar-refractivity contribution in [1.29, 1.82) is 0 Å². The van der Waals surface area contributed by atoms with Crippen LogP contribution in [0.5, 0.6) is 0 Å². The minimum Gasteiger partial charge on any atom is -0.313 e. The van der Waals surface area contributed by atoms with E-state index in [1.54, 1.807) is 6.20 Å². The third-order valence-corrected chi connectivity index (χ3v) is 5.43. The molecule has 2 aromatic rings. The SMILES string of the molecule is CCNCc1cn[nH]c1S(=O)(=O)NCc1ncc(CC)s1. The highest BCUT2D eigenvalue weighted by atomic mass is 32.2. The molecule has 0 radical (unpaired) electrons. The summed E-state index contributed by atoms with van der Waals surface area (Å²) in [6.45, 7) is 5.41. The molecule has 2 heterocycles. The predicted molar refractivity (Wildman–Crippen MR) is 81.5 cm³/mol. The van der Waals surface area contributed by atoms with Gasteiger partial charge in [-0.2, -0.15) is 5.10 Å². The number of hydrogen-bond donors (Lipinski definition) is 3. The Morgan fingerprint density at radius 1 is 1.29 bits per heavy atom. The molecule has 0 unspecified atom stereocenters. The maximum Gasteiger partial charge on any atom is 0.258 e. The molecule has 0 aliphatic heterocycles. The summed E-state index contributed by atoms with van der Waals surface area (Å²) in [5, 5.41) is 10.3. The summed E-state index contributed by atoms with van der Waals surface area (Å²) in [5.74, 6) is 0. The van der Waals surface area contributed by atoms with Gasteiger partial charge in [0.05, 0.1) is 12.7 Å². The van der Waals surface area contributed by atoms with Crippen LogP contribution >= 0.6 is 11.3 Å². The van der Waals surface area contributed by atoms with E-state index in [2.05, 4.69) is 25.2 Å². The Hall–Kier alpha value is -1.29. The number of H-pyrrole nitrogens is 1. The summed E-state index contributed by atoms with van der Waals surface area (Å²) in [7, 11) is -3.62. The van der Waals surface area contributed by atoms with E-state index in [-0.39, 0.29) is 11.6 Å². The van der Waals surface area contributed by atoms with Gasteiger partial charge in [0.15, 0.2) is 5.03 Å². The lowest BCUT2D eigenvalue weighted by molar-refractivity contribution is 0.574. The van der Waals surface area contributed by atoms with Crippen LogP contribution in [-0.2, 0) is 29.5 Å². The number of aromatic amines is 1. The van der Waals surface area contributed by atoms with Crippen molar-refractivity contribution < 1.29 is 8.42 Å². The Balaban J connectivity index is 2.06. The second-order valence-corrected chi connectivity index (χ2v) is 7.31. The average molecular weight is 329 g/mol. The number of aryl methyl sites for hydroxylation is 1. The molecule has 0 saturated carbocycles. The molecule has 3 N–H and O–H groups in total. The van der Waals surface area contributed by atoms with Crippen molar-refractivity contribution in [2.24, 2.45) is 0 Å². The average Bonchev–Trinajstić information content (AvgIpc) is 3.12. The van der Waals surface area contributed by atoms with Gasteiger partial charge < -0.3 is 5.32 Å². The van der Waals surface area contributed by atoms with Crippen LogP contribution < -0.4 is 10.0 Å². The van der Waals surface area contributed by atoms with Gasteiger partial charge in [0.2, 0.25) is 0 Å². The highest BCUT2D eigenvalue weighted by Crippen LogP contribution is 2.15. The van der Waals surface area contributed by atoms with Crippen LogP contribution in [0.4, 0.5) is 0 Å². The zero-order valence-corrected chi connectivity index (χ0v) is 13.6. The first-order valence-electron chi connectivity index (χ1n) is 6.73. The van der Waals surface area contributed by atoms with Crippen LogP contribution in [0.1, 0.15) is 29.3 Å². The van der Waals surface area contributed by atoms with Gasteiger partial charge >= 0.3 is 0 Å². The molecule has 0 atom stereocenters. The second kappa shape index (κ2) is 7.12. The fourth-order valence-corrected chi connectivity index (χ4v) is 3.75. The van der Waals surface area contributed by atoms with Gasteiger partial charge in [-0.3, -0.25) is 5.10 Å². The standard InChI is InChI=1S/C12H19N5O2S2/c1-3-10-7-14-11(20-10)8-16-21(18,19)12-9(5-13-4-2)6-15-17-12/h6-7,13,16H,3-5,8H2,1-2H3,(H,15,17). The van der Waals surface area contributed by atoms with Crippen molar-refractivity contribution in [1.82, 2.24) is 25.2 Å². The van der Waals surface area contributed by atoms with E-state index < -0.39 is 10.0 Å². The summed E-state index contributed by atoms with van der Waals surface area (Å²) >= 11 is 1.51. The molecule has 0 amide bonds. The summed E-state index contributed by atoms with van der Waals surface area (Å²) in [5.41, 5.74) is 0.623. The Bertz CT molecular complexity index is 677. The molecule has 116 valence electrons. The van der Waals surface area contributed by atoms with Crippen LogP contribution in [0.15, 0.2) is 17.4 Å². The summed E-state index contributed by atoms with van der Waals surface area (Å²) < 4.78 is 27.1. The monoisotopic (exact) mass is 329 g/mol. The number of sulfonamides is 1. The Morgan fingerprint density at radius 3 is 2.76 bits per heavy atom. The van der Waals surface area contributed by atoms with E-state index in [1.165, 1.54) is 17.5 Å². The first-order valence-corrected chi connectivity index (χ1v) is 9.03. The van der Waals surface area contributed by atoms with Crippen LogP contribution in [-0.4, -0.2) is 30.1 Å². The summed E-state index contributed by atoms with van der Waals surface area (Å²) in [6.07, 6.45) is 4.20. The first-order chi connectivity index (χ1) is 10.1. The van der Waals surface area contributed by atoms with Crippen LogP contribution in [0.2, 0.25) is 0 Å². The summed E-state index contributed by atoms with van der Waals surface area (Å²) in [6, 6.07) is 0.